The van der Waals surface area contributed by atoms with Gasteiger partial charge in [0, 0.05) is 24.3 Å². The van der Waals surface area contributed by atoms with Crippen LogP contribution in [0.1, 0.15) is 12.8 Å². The van der Waals surface area contributed by atoms with E-state index in [1.165, 1.54) is 12.8 Å². The summed E-state index contributed by atoms with van der Waals surface area (Å²) in [5, 5.41) is 9.18. The molecule has 0 saturated carbocycles. The fourth-order valence-corrected chi connectivity index (χ4v) is 3.94. The molecule has 5 rings (SSSR count). The Bertz CT molecular complexity index is 1160. The van der Waals surface area contributed by atoms with Crippen LogP contribution in [0.2, 0.25) is 0 Å². The molecule has 2 aromatic carbocycles. The van der Waals surface area contributed by atoms with Gasteiger partial charge in [0.15, 0.2) is 11.4 Å². The third kappa shape index (κ3) is 3.97. The van der Waals surface area contributed by atoms with E-state index in [4.69, 9.17) is 4.74 Å². The van der Waals surface area contributed by atoms with E-state index in [2.05, 4.69) is 20.1 Å². The van der Waals surface area contributed by atoms with Crippen molar-refractivity contribution in [1.82, 2.24) is 9.55 Å². The highest BCUT2D eigenvalue weighted by molar-refractivity contribution is 5.57. The van der Waals surface area contributed by atoms with Crippen molar-refractivity contribution >= 4 is 17.5 Å². The Hall–Kier alpha value is -4.00. The molecule has 1 aliphatic heterocycles. The van der Waals surface area contributed by atoms with Crippen molar-refractivity contribution in [1.29, 1.82) is 0 Å². The average molecular weight is 426 g/mol. The molecular weight excluding hydrogens is 400 g/mol. The number of azo groups is 1. The zero-order valence-corrected chi connectivity index (χ0v) is 18.0. The van der Waals surface area contributed by atoms with Crippen LogP contribution in [-0.4, -0.2) is 29.8 Å². The lowest BCUT2D eigenvalue weighted by molar-refractivity contribution is -0.581. The number of ether oxygens (including phenoxy) is 1. The summed E-state index contributed by atoms with van der Waals surface area (Å²) in [5.74, 6) is 2.26. The van der Waals surface area contributed by atoms with Crippen molar-refractivity contribution < 1.29 is 9.30 Å². The van der Waals surface area contributed by atoms with Gasteiger partial charge < -0.3 is 9.64 Å². The first-order valence-corrected chi connectivity index (χ1v) is 10.8. The third-order valence-corrected chi connectivity index (χ3v) is 5.59. The summed E-state index contributed by atoms with van der Waals surface area (Å²) in [6.45, 7) is 2.05. The Labute approximate surface area is 187 Å². The van der Waals surface area contributed by atoms with Gasteiger partial charge in [-0.25, -0.2) is 4.98 Å². The van der Waals surface area contributed by atoms with E-state index in [0.29, 0.717) is 17.4 Å². The highest BCUT2D eigenvalue weighted by atomic mass is 16.5. The van der Waals surface area contributed by atoms with E-state index in [-0.39, 0.29) is 0 Å². The van der Waals surface area contributed by atoms with Crippen LogP contribution in [0.4, 0.5) is 17.5 Å². The molecule has 4 aromatic rings. The molecule has 7 heteroatoms. The molecule has 0 N–H and O–H groups in total. The molecule has 1 fully saturated rings. The lowest BCUT2D eigenvalue weighted by atomic mass is 10.3. The minimum absolute atomic E-state index is 0.593. The Morgan fingerprint density at radius 3 is 2.38 bits per heavy atom. The fourth-order valence-electron chi connectivity index (χ4n) is 3.94. The first-order chi connectivity index (χ1) is 15.8. The van der Waals surface area contributed by atoms with Gasteiger partial charge in [0.05, 0.1) is 13.3 Å². The van der Waals surface area contributed by atoms with Crippen molar-refractivity contribution in [3.05, 3.63) is 85.3 Å². The Kier molecular flexibility index (Phi) is 5.61. The van der Waals surface area contributed by atoms with Crippen molar-refractivity contribution in [3.63, 3.8) is 0 Å². The number of pyridine rings is 1. The molecular formula is C25H25N6O+. The number of rotatable bonds is 6. The molecule has 160 valence electrons. The largest absolute Gasteiger partial charge is 0.494 e. The maximum Gasteiger partial charge on any atom is 0.431 e. The molecule has 0 unspecified atom stereocenters. The van der Waals surface area contributed by atoms with Gasteiger partial charge in [-0.05, 0) is 37.1 Å². The van der Waals surface area contributed by atoms with Crippen molar-refractivity contribution in [2.75, 3.05) is 25.1 Å². The molecule has 0 atom stereocenters. The molecule has 0 radical (unpaired) electrons. The highest BCUT2D eigenvalue weighted by Crippen LogP contribution is 2.32. The van der Waals surface area contributed by atoms with E-state index < -0.39 is 0 Å². The van der Waals surface area contributed by atoms with Gasteiger partial charge in [0.25, 0.3) is 0 Å². The first kappa shape index (κ1) is 19.9. The van der Waals surface area contributed by atoms with Crippen molar-refractivity contribution in [2.24, 2.45) is 10.2 Å². The number of nitrogens with zero attached hydrogens (tertiary/aromatic N) is 6. The number of methoxy groups -OCH3 is 1. The van der Waals surface area contributed by atoms with E-state index in [0.717, 1.165) is 30.3 Å². The zero-order chi connectivity index (χ0) is 21.8. The normalized spacial score (nSPS) is 13.7. The van der Waals surface area contributed by atoms with Crippen LogP contribution in [0.25, 0.3) is 11.4 Å². The smallest absolute Gasteiger partial charge is 0.431 e. The van der Waals surface area contributed by atoms with E-state index in [1.54, 1.807) is 13.3 Å². The average Bonchev–Trinajstić information content (AvgIpc) is 3.54. The summed E-state index contributed by atoms with van der Waals surface area (Å²) < 4.78 is 9.63. The SMILES string of the molecule is COc1cc(N2CCCC2)ncc1N=Nc1n(-c2ccccc2)cc[n+]1-c1ccccc1. The first-order valence-electron chi connectivity index (χ1n) is 10.8. The summed E-state index contributed by atoms with van der Waals surface area (Å²) in [5.41, 5.74) is 2.60. The summed E-state index contributed by atoms with van der Waals surface area (Å²) >= 11 is 0. The van der Waals surface area contributed by atoms with Gasteiger partial charge in [-0.15, -0.1) is 0 Å². The monoisotopic (exact) mass is 425 g/mol. The number of hydrogen-bond donors (Lipinski definition) is 0. The number of benzene rings is 2. The van der Waals surface area contributed by atoms with Gasteiger partial charge >= 0.3 is 5.95 Å². The Morgan fingerprint density at radius 2 is 1.66 bits per heavy atom. The van der Waals surface area contributed by atoms with Gasteiger partial charge in [0.2, 0.25) is 0 Å². The molecule has 1 aliphatic rings. The number of hydrogen-bond acceptors (Lipinski definition) is 5. The lowest BCUT2D eigenvalue weighted by Gasteiger charge is -2.16. The van der Waals surface area contributed by atoms with Gasteiger partial charge in [-0.3, -0.25) is 0 Å². The molecule has 2 aromatic heterocycles. The van der Waals surface area contributed by atoms with Crippen LogP contribution in [0, 0.1) is 0 Å². The third-order valence-electron chi connectivity index (χ3n) is 5.59. The van der Waals surface area contributed by atoms with Crippen LogP contribution in [0.15, 0.2) is 95.5 Å². The topological polar surface area (TPSA) is 58.9 Å². The predicted molar refractivity (Wildman–Crippen MR) is 124 cm³/mol. The second kappa shape index (κ2) is 9.01. The van der Waals surface area contributed by atoms with Crippen LogP contribution < -0.4 is 14.2 Å². The number of imidazole rings is 1. The molecule has 0 spiro atoms. The van der Waals surface area contributed by atoms with Crippen LogP contribution in [0.5, 0.6) is 5.75 Å². The minimum Gasteiger partial charge on any atom is -0.494 e. The highest BCUT2D eigenvalue weighted by Gasteiger charge is 2.21. The van der Waals surface area contributed by atoms with Gasteiger partial charge in [-0.1, -0.05) is 41.5 Å². The zero-order valence-electron chi connectivity index (χ0n) is 18.0. The number of anilines is 1. The fraction of sp³-hybridized carbons (Fsp3) is 0.200. The van der Waals surface area contributed by atoms with Crippen LogP contribution >= 0.6 is 0 Å². The van der Waals surface area contributed by atoms with Crippen molar-refractivity contribution in [3.8, 4) is 17.1 Å². The molecule has 0 bridgehead atoms. The lowest BCUT2D eigenvalue weighted by Crippen LogP contribution is -2.28. The Balaban J connectivity index is 1.55. The van der Waals surface area contributed by atoms with Crippen LogP contribution in [0.3, 0.4) is 0 Å². The summed E-state index contributed by atoms with van der Waals surface area (Å²) in [4.78, 5) is 6.88. The maximum atomic E-state index is 5.61. The predicted octanol–water partition coefficient (Wildman–Crippen LogP) is 5.17. The minimum atomic E-state index is 0.593. The van der Waals surface area contributed by atoms with E-state index >= 15 is 0 Å². The summed E-state index contributed by atoms with van der Waals surface area (Å²) in [6.07, 6.45) is 8.10. The van der Waals surface area contributed by atoms with Gasteiger partial charge in [-0.2, -0.15) is 9.13 Å². The number of para-hydroxylation sites is 2. The number of aromatic nitrogens is 3. The second-order valence-corrected chi connectivity index (χ2v) is 7.62. The molecule has 7 nitrogen and oxygen atoms in total. The molecule has 32 heavy (non-hydrogen) atoms. The van der Waals surface area contributed by atoms with E-state index in [9.17, 15) is 0 Å². The second-order valence-electron chi connectivity index (χ2n) is 7.62. The molecule has 0 amide bonds. The quantitative estimate of drug-likeness (QED) is 0.316. The van der Waals surface area contributed by atoms with Crippen LogP contribution in [-0.2, 0) is 0 Å². The molecule has 1 saturated heterocycles. The molecule has 0 aliphatic carbocycles. The van der Waals surface area contributed by atoms with Crippen molar-refractivity contribution in [2.45, 2.75) is 12.8 Å². The summed E-state index contributed by atoms with van der Waals surface area (Å²) in [6, 6.07) is 22.1. The van der Waals surface area contributed by atoms with Gasteiger partial charge in [0.1, 0.15) is 29.6 Å². The van der Waals surface area contributed by atoms with E-state index in [1.807, 2.05) is 88.3 Å². The Morgan fingerprint density at radius 1 is 0.938 bits per heavy atom. The molecule has 3 heterocycles. The summed E-state index contributed by atoms with van der Waals surface area (Å²) in [7, 11) is 1.65. The standard InChI is InChI=1S/C25H25N6O/c1-32-23-18-24(29-14-8-9-15-29)26-19-22(23)27-28-25-30(20-10-4-2-5-11-20)16-17-31(25)21-12-6-3-7-13-21/h2-7,10-13,16-19H,8-9,14-15H2,1H3/q+1. The maximum absolute atomic E-state index is 5.61.